The van der Waals surface area contributed by atoms with E-state index >= 15 is 0 Å². The summed E-state index contributed by atoms with van der Waals surface area (Å²) in [5, 5.41) is 3.38. The van der Waals surface area contributed by atoms with Crippen LogP contribution in [0.1, 0.15) is 21.5 Å². The van der Waals surface area contributed by atoms with Crippen molar-refractivity contribution in [2.24, 2.45) is 0 Å². The Balaban J connectivity index is 1.51. The molecule has 1 aliphatic heterocycles. The fraction of sp³-hybridized carbons (Fsp3) is 0.381. The molecule has 0 bridgehead atoms. The topological polar surface area (TPSA) is 69.7 Å². The molecule has 8 heteroatoms. The number of halogens is 1. The second-order valence-electron chi connectivity index (χ2n) is 7.31. The molecule has 1 saturated heterocycles. The van der Waals surface area contributed by atoms with Gasteiger partial charge in [0.1, 0.15) is 0 Å². The molecule has 0 saturated carbocycles. The first-order valence-corrected chi connectivity index (χ1v) is 11.6. The Morgan fingerprint density at radius 3 is 2.31 bits per heavy atom. The molecule has 3 rings (SSSR count). The van der Waals surface area contributed by atoms with Crippen LogP contribution >= 0.6 is 11.6 Å². The molecule has 0 aromatic heterocycles. The first-order valence-electron chi connectivity index (χ1n) is 9.59. The van der Waals surface area contributed by atoms with Gasteiger partial charge in [0.25, 0.3) is 5.91 Å². The highest BCUT2D eigenvalue weighted by atomic mass is 35.5. The summed E-state index contributed by atoms with van der Waals surface area (Å²) in [5.41, 5.74) is 3.55. The Morgan fingerprint density at radius 2 is 1.69 bits per heavy atom. The monoisotopic (exact) mass is 435 g/mol. The van der Waals surface area contributed by atoms with E-state index in [1.807, 2.05) is 44.2 Å². The normalized spacial score (nSPS) is 15.3. The highest BCUT2D eigenvalue weighted by molar-refractivity contribution is 7.89. The molecule has 0 radical (unpaired) electrons. The van der Waals surface area contributed by atoms with E-state index in [2.05, 4.69) is 10.2 Å². The number of benzene rings is 2. The van der Waals surface area contributed by atoms with Crippen LogP contribution in [-0.2, 0) is 10.0 Å². The minimum Gasteiger partial charge on any atom is -0.369 e. The zero-order valence-corrected chi connectivity index (χ0v) is 18.3. The summed E-state index contributed by atoms with van der Waals surface area (Å²) in [4.78, 5) is 14.4. The minimum atomic E-state index is -3.43. The minimum absolute atomic E-state index is 0.0860. The Kier molecular flexibility index (Phi) is 6.82. The fourth-order valence-electron chi connectivity index (χ4n) is 3.53. The van der Waals surface area contributed by atoms with Crippen LogP contribution < -0.4 is 10.2 Å². The van der Waals surface area contributed by atoms with Gasteiger partial charge in [-0.05, 0) is 44.2 Å². The predicted molar refractivity (Wildman–Crippen MR) is 117 cm³/mol. The van der Waals surface area contributed by atoms with Crippen molar-refractivity contribution in [2.45, 2.75) is 13.8 Å². The number of nitrogens with one attached hydrogen (secondary N) is 1. The average molecular weight is 436 g/mol. The van der Waals surface area contributed by atoms with E-state index in [1.54, 1.807) is 12.1 Å². The molecule has 29 heavy (non-hydrogen) atoms. The maximum absolute atomic E-state index is 12.6. The third-order valence-electron chi connectivity index (χ3n) is 4.93. The third-order valence-corrected chi connectivity index (χ3v) is 7.04. The molecule has 0 spiro atoms. The first-order chi connectivity index (χ1) is 13.7. The molecule has 2 aromatic rings. The summed E-state index contributed by atoms with van der Waals surface area (Å²) in [5.74, 6) is -0.362. The van der Waals surface area contributed by atoms with Gasteiger partial charge in [-0.25, -0.2) is 8.42 Å². The predicted octanol–water partition coefficient (Wildman–Crippen LogP) is 2.84. The van der Waals surface area contributed by atoms with E-state index in [0.29, 0.717) is 36.8 Å². The van der Waals surface area contributed by atoms with Crippen LogP contribution in [0.3, 0.4) is 0 Å². The molecule has 156 valence electrons. The molecule has 0 unspecified atom stereocenters. The van der Waals surface area contributed by atoms with Gasteiger partial charge in [0.05, 0.1) is 5.75 Å². The number of carbonyl (C=O) groups excluding carboxylic acids is 1. The van der Waals surface area contributed by atoms with Crippen LogP contribution in [0.25, 0.3) is 0 Å². The fourth-order valence-corrected chi connectivity index (χ4v) is 5.05. The SMILES string of the molecule is Cc1cc(C)cc(C(=O)NCCS(=O)(=O)N2CCN(c3cccc(Cl)c3)CC2)c1. The molecule has 1 heterocycles. The van der Waals surface area contributed by atoms with Crippen LogP contribution in [-0.4, -0.2) is 57.1 Å². The second-order valence-corrected chi connectivity index (χ2v) is 9.84. The summed E-state index contributed by atoms with van der Waals surface area (Å²) in [7, 11) is -3.43. The lowest BCUT2D eigenvalue weighted by molar-refractivity contribution is 0.0956. The molecular weight excluding hydrogens is 410 g/mol. The van der Waals surface area contributed by atoms with Crippen LogP contribution in [0.15, 0.2) is 42.5 Å². The molecular formula is C21H26ClN3O3S. The Labute approximate surface area is 177 Å². The number of rotatable bonds is 6. The van der Waals surface area contributed by atoms with Gasteiger partial charge in [-0.1, -0.05) is 34.9 Å². The molecule has 1 fully saturated rings. The lowest BCUT2D eigenvalue weighted by Crippen LogP contribution is -2.50. The summed E-state index contributed by atoms with van der Waals surface area (Å²) in [6, 6.07) is 13.1. The van der Waals surface area contributed by atoms with Gasteiger partial charge in [0.15, 0.2) is 0 Å². The molecule has 2 aromatic carbocycles. The number of hydrogen-bond donors (Lipinski definition) is 1. The molecule has 0 atom stereocenters. The maximum Gasteiger partial charge on any atom is 0.251 e. The molecule has 0 aliphatic carbocycles. The standard InChI is InChI=1S/C21H26ClN3O3S/c1-16-12-17(2)14-18(13-16)21(26)23-6-11-29(27,28)25-9-7-24(8-10-25)20-5-3-4-19(22)15-20/h3-5,12-15H,6-11H2,1-2H3,(H,23,26). The lowest BCUT2D eigenvalue weighted by Gasteiger charge is -2.35. The van der Waals surface area contributed by atoms with Crippen molar-refractivity contribution in [3.63, 3.8) is 0 Å². The quantitative estimate of drug-likeness (QED) is 0.757. The van der Waals surface area contributed by atoms with E-state index in [9.17, 15) is 13.2 Å². The number of sulfonamides is 1. The summed E-state index contributed by atoms with van der Waals surface area (Å²) >= 11 is 6.04. The van der Waals surface area contributed by atoms with Gasteiger partial charge in [-0.2, -0.15) is 4.31 Å². The van der Waals surface area contributed by atoms with Crippen molar-refractivity contribution in [1.82, 2.24) is 9.62 Å². The Hall–Kier alpha value is -2.09. The number of anilines is 1. The number of aryl methyl sites for hydroxylation is 2. The van der Waals surface area contributed by atoms with E-state index in [4.69, 9.17) is 11.6 Å². The van der Waals surface area contributed by atoms with Crippen molar-refractivity contribution in [2.75, 3.05) is 43.4 Å². The Morgan fingerprint density at radius 1 is 1.03 bits per heavy atom. The van der Waals surface area contributed by atoms with Crippen molar-refractivity contribution in [1.29, 1.82) is 0 Å². The van der Waals surface area contributed by atoms with Gasteiger partial charge < -0.3 is 10.2 Å². The van der Waals surface area contributed by atoms with Crippen molar-refractivity contribution < 1.29 is 13.2 Å². The van der Waals surface area contributed by atoms with Gasteiger partial charge in [0.2, 0.25) is 10.0 Å². The largest absolute Gasteiger partial charge is 0.369 e. The highest BCUT2D eigenvalue weighted by Gasteiger charge is 2.27. The first kappa shape index (κ1) is 21.6. The van der Waals surface area contributed by atoms with Gasteiger partial charge in [-0.3, -0.25) is 4.79 Å². The van der Waals surface area contributed by atoms with Gasteiger partial charge >= 0.3 is 0 Å². The van der Waals surface area contributed by atoms with E-state index < -0.39 is 10.0 Å². The van der Waals surface area contributed by atoms with E-state index in [0.717, 1.165) is 16.8 Å². The number of nitrogens with zero attached hydrogens (tertiary/aromatic N) is 2. The van der Waals surface area contributed by atoms with Crippen LogP contribution in [0.5, 0.6) is 0 Å². The van der Waals surface area contributed by atoms with Crippen molar-refractivity contribution >= 4 is 33.2 Å². The summed E-state index contributed by atoms with van der Waals surface area (Å²) in [6.45, 7) is 5.99. The van der Waals surface area contributed by atoms with Crippen LogP contribution in [0.2, 0.25) is 5.02 Å². The zero-order valence-electron chi connectivity index (χ0n) is 16.7. The van der Waals surface area contributed by atoms with E-state index in [-0.39, 0.29) is 18.2 Å². The zero-order chi connectivity index (χ0) is 21.0. The number of carbonyl (C=O) groups is 1. The Bertz CT molecular complexity index is 966. The van der Waals surface area contributed by atoms with Crippen molar-refractivity contribution in [3.8, 4) is 0 Å². The average Bonchev–Trinajstić information content (AvgIpc) is 2.67. The lowest BCUT2D eigenvalue weighted by atomic mass is 10.1. The number of amides is 1. The smallest absolute Gasteiger partial charge is 0.251 e. The van der Waals surface area contributed by atoms with Crippen LogP contribution in [0, 0.1) is 13.8 Å². The molecule has 6 nitrogen and oxygen atoms in total. The van der Waals surface area contributed by atoms with Gasteiger partial charge in [-0.15, -0.1) is 0 Å². The third kappa shape index (κ3) is 5.72. The number of piperazine rings is 1. The van der Waals surface area contributed by atoms with Crippen molar-refractivity contribution in [3.05, 3.63) is 64.2 Å². The molecule has 1 N–H and O–H groups in total. The second kappa shape index (κ2) is 9.15. The number of hydrogen-bond acceptors (Lipinski definition) is 4. The molecule has 1 aliphatic rings. The summed E-state index contributed by atoms with van der Waals surface area (Å²) < 4.78 is 26.8. The van der Waals surface area contributed by atoms with E-state index in [1.165, 1.54) is 4.31 Å². The van der Waals surface area contributed by atoms with Gasteiger partial charge in [0, 0.05) is 49.0 Å². The maximum atomic E-state index is 12.6. The molecule has 1 amide bonds. The van der Waals surface area contributed by atoms with Crippen LogP contribution in [0.4, 0.5) is 5.69 Å². The summed E-state index contributed by atoms with van der Waals surface area (Å²) in [6.07, 6.45) is 0. The highest BCUT2D eigenvalue weighted by Crippen LogP contribution is 2.21.